The Morgan fingerprint density at radius 3 is 2.65 bits per heavy atom. The number of nitrogens with one attached hydrogen (secondary N) is 1. The van der Waals surface area contributed by atoms with Gasteiger partial charge in [-0.3, -0.25) is 19.8 Å². The van der Waals surface area contributed by atoms with Crippen molar-refractivity contribution in [2.45, 2.75) is 58.0 Å². The molecule has 1 saturated carbocycles. The maximum absolute atomic E-state index is 12.0. The summed E-state index contributed by atoms with van der Waals surface area (Å²) in [4.78, 5) is 25.6. The smallest absolute Gasteiger partial charge is 0.243 e. The lowest BCUT2D eigenvalue weighted by molar-refractivity contribution is -0.143. The fourth-order valence-corrected chi connectivity index (χ4v) is 3.57. The van der Waals surface area contributed by atoms with E-state index in [1.54, 1.807) is 0 Å². The van der Waals surface area contributed by atoms with Gasteiger partial charge >= 0.3 is 0 Å². The molecule has 4 atom stereocenters. The van der Waals surface area contributed by atoms with Crippen LogP contribution in [0.4, 0.5) is 0 Å². The summed E-state index contributed by atoms with van der Waals surface area (Å²) in [5, 5.41) is 11.8. The van der Waals surface area contributed by atoms with E-state index in [2.05, 4.69) is 18.3 Å². The molecule has 1 heterocycles. The first-order valence-corrected chi connectivity index (χ1v) is 7.59. The molecule has 5 heteroatoms. The highest BCUT2D eigenvalue weighted by molar-refractivity contribution is 6.01. The van der Waals surface area contributed by atoms with E-state index in [0.29, 0.717) is 12.3 Å². The molecule has 4 unspecified atom stereocenters. The minimum atomic E-state index is -0.274. The number of piperazine rings is 1. The summed E-state index contributed by atoms with van der Waals surface area (Å²) < 4.78 is 0. The molecule has 1 saturated heterocycles. The van der Waals surface area contributed by atoms with E-state index >= 15 is 0 Å². The first-order chi connectivity index (χ1) is 9.60. The van der Waals surface area contributed by atoms with Crippen molar-refractivity contribution >= 4 is 11.8 Å². The van der Waals surface area contributed by atoms with Gasteiger partial charge in [0.1, 0.15) is 0 Å². The minimum Gasteiger partial charge on any atom is -0.294 e. The van der Waals surface area contributed by atoms with Crippen LogP contribution >= 0.6 is 0 Å². The molecule has 2 rings (SSSR count). The van der Waals surface area contributed by atoms with E-state index < -0.39 is 0 Å². The molecular weight excluding hydrogens is 254 g/mol. The Morgan fingerprint density at radius 1 is 1.30 bits per heavy atom. The van der Waals surface area contributed by atoms with Gasteiger partial charge in [0, 0.05) is 6.04 Å². The van der Waals surface area contributed by atoms with E-state index in [1.807, 2.05) is 11.8 Å². The van der Waals surface area contributed by atoms with Crippen molar-refractivity contribution in [3.63, 3.8) is 0 Å². The molecule has 2 aliphatic rings. The van der Waals surface area contributed by atoms with Crippen LogP contribution in [-0.4, -0.2) is 35.3 Å². The molecule has 0 aromatic heterocycles. The molecule has 0 radical (unpaired) electrons. The molecule has 2 amide bonds. The van der Waals surface area contributed by atoms with E-state index in [4.69, 9.17) is 0 Å². The predicted molar refractivity (Wildman–Crippen MR) is 74.5 cm³/mol. The predicted octanol–water partition coefficient (Wildman–Crippen LogP) is 1.44. The highest BCUT2D eigenvalue weighted by Gasteiger charge is 2.42. The van der Waals surface area contributed by atoms with Crippen LogP contribution in [0.5, 0.6) is 0 Å². The van der Waals surface area contributed by atoms with E-state index in [-0.39, 0.29) is 36.4 Å². The largest absolute Gasteiger partial charge is 0.294 e. The lowest BCUT2D eigenvalue weighted by atomic mass is 9.76. The van der Waals surface area contributed by atoms with Gasteiger partial charge in [0.25, 0.3) is 0 Å². The van der Waals surface area contributed by atoms with E-state index in [0.717, 1.165) is 25.7 Å². The standard InChI is InChI=1S/C15H23N3O2/c1-3-10-5-6-11(8-16)13(7-10)18-9-14(19)17-15(20)12(18)4-2/h10-13H,3-7,9H2,1-2H3,(H,17,19,20). The summed E-state index contributed by atoms with van der Waals surface area (Å²) in [7, 11) is 0. The lowest BCUT2D eigenvalue weighted by Gasteiger charge is -2.44. The summed E-state index contributed by atoms with van der Waals surface area (Å²) >= 11 is 0. The maximum atomic E-state index is 12.0. The number of carbonyl (C=O) groups excluding carboxylic acids is 2. The normalized spacial score (nSPS) is 35.5. The number of imide groups is 1. The number of carbonyl (C=O) groups is 2. The van der Waals surface area contributed by atoms with Crippen molar-refractivity contribution in [3.8, 4) is 6.07 Å². The first kappa shape index (κ1) is 15.0. The Kier molecular flexibility index (Phi) is 4.77. The van der Waals surface area contributed by atoms with Gasteiger partial charge in [-0.05, 0) is 31.6 Å². The van der Waals surface area contributed by atoms with Crippen LogP contribution < -0.4 is 5.32 Å². The summed E-state index contributed by atoms with van der Waals surface area (Å²) in [5.74, 6) is 0.0850. The van der Waals surface area contributed by atoms with E-state index in [9.17, 15) is 14.9 Å². The van der Waals surface area contributed by atoms with Crippen molar-refractivity contribution in [2.24, 2.45) is 11.8 Å². The third kappa shape index (κ3) is 2.85. The molecule has 0 aromatic rings. The maximum Gasteiger partial charge on any atom is 0.243 e. The fraction of sp³-hybridized carbons (Fsp3) is 0.800. The molecule has 0 aromatic carbocycles. The zero-order chi connectivity index (χ0) is 14.7. The van der Waals surface area contributed by atoms with Crippen LogP contribution in [0.2, 0.25) is 0 Å². The van der Waals surface area contributed by atoms with Gasteiger partial charge in [-0.1, -0.05) is 20.3 Å². The molecule has 20 heavy (non-hydrogen) atoms. The molecule has 1 aliphatic heterocycles. The number of hydrogen-bond acceptors (Lipinski definition) is 4. The first-order valence-electron chi connectivity index (χ1n) is 7.59. The second-order valence-electron chi connectivity index (χ2n) is 5.90. The summed E-state index contributed by atoms with van der Waals surface area (Å²) in [6, 6.07) is 2.15. The number of rotatable bonds is 3. The SMILES string of the molecule is CCC1CCC(C#N)C(N2CC(=O)NC(=O)C2CC)C1. The summed E-state index contributed by atoms with van der Waals surface area (Å²) in [6.45, 7) is 4.36. The third-order valence-electron chi connectivity index (χ3n) is 4.77. The Bertz CT molecular complexity index is 429. The van der Waals surface area contributed by atoms with Crippen molar-refractivity contribution in [2.75, 3.05) is 6.54 Å². The van der Waals surface area contributed by atoms with Gasteiger partial charge in [0.15, 0.2) is 0 Å². The quantitative estimate of drug-likeness (QED) is 0.792. The van der Waals surface area contributed by atoms with E-state index in [1.165, 1.54) is 0 Å². The lowest BCUT2D eigenvalue weighted by Crippen LogP contribution is -2.62. The molecule has 0 bridgehead atoms. The number of hydrogen-bond donors (Lipinski definition) is 1. The van der Waals surface area contributed by atoms with Crippen LogP contribution in [0.25, 0.3) is 0 Å². The van der Waals surface area contributed by atoms with Crippen LogP contribution in [0.1, 0.15) is 46.0 Å². The van der Waals surface area contributed by atoms with Crippen molar-refractivity contribution in [3.05, 3.63) is 0 Å². The Labute approximate surface area is 120 Å². The van der Waals surface area contributed by atoms with Gasteiger partial charge in [-0.15, -0.1) is 0 Å². The van der Waals surface area contributed by atoms with Crippen LogP contribution in [0.3, 0.4) is 0 Å². The molecule has 2 fully saturated rings. The van der Waals surface area contributed by atoms with Gasteiger partial charge < -0.3 is 0 Å². The van der Waals surface area contributed by atoms with Crippen molar-refractivity contribution in [1.82, 2.24) is 10.2 Å². The van der Waals surface area contributed by atoms with Gasteiger partial charge in [-0.25, -0.2) is 0 Å². The molecule has 110 valence electrons. The Hall–Kier alpha value is -1.41. The van der Waals surface area contributed by atoms with Gasteiger partial charge in [0.2, 0.25) is 11.8 Å². The molecule has 1 aliphatic carbocycles. The van der Waals surface area contributed by atoms with Crippen LogP contribution in [0, 0.1) is 23.2 Å². The average Bonchev–Trinajstić information content (AvgIpc) is 2.45. The zero-order valence-electron chi connectivity index (χ0n) is 12.3. The van der Waals surface area contributed by atoms with Crippen LogP contribution in [0.15, 0.2) is 0 Å². The van der Waals surface area contributed by atoms with Crippen LogP contribution in [-0.2, 0) is 9.59 Å². The Balaban J connectivity index is 2.22. The second kappa shape index (κ2) is 6.36. The fourth-order valence-electron chi connectivity index (χ4n) is 3.57. The summed E-state index contributed by atoms with van der Waals surface area (Å²) in [5.41, 5.74) is 0. The topological polar surface area (TPSA) is 73.2 Å². The van der Waals surface area contributed by atoms with Gasteiger partial charge in [-0.2, -0.15) is 5.26 Å². The number of nitrogens with zero attached hydrogens (tertiary/aromatic N) is 2. The minimum absolute atomic E-state index is 0.0404. The second-order valence-corrected chi connectivity index (χ2v) is 5.90. The molecular formula is C15H23N3O2. The van der Waals surface area contributed by atoms with Gasteiger partial charge in [0.05, 0.1) is 24.6 Å². The monoisotopic (exact) mass is 277 g/mol. The zero-order valence-corrected chi connectivity index (χ0v) is 12.3. The molecule has 5 nitrogen and oxygen atoms in total. The van der Waals surface area contributed by atoms with Crippen molar-refractivity contribution < 1.29 is 9.59 Å². The number of nitriles is 1. The van der Waals surface area contributed by atoms with Crippen molar-refractivity contribution in [1.29, 1.82) is 5.26 Å². The molecule has 1 N–H and O–H groups in total. The highest BCUT2D eigenvalue weighted by atomic mass is 16.2. The number of amides is 2. The molecule has 0 spiro atoms. The summed E-state index contributed by atoms with van der Waals surface area (Å²) in [6.07, 6.45) is 4.65. The highest BCUT2D eigenvalue weighted by Crippen LogP contribution is 2.35. The third-order valence-corrected chi connectivity index (χ3v) is 4.77. The Morgan fingerprint density at radius 2 is 2.05 bits per heavy atom. The average molecular weight is 277 g/mol.